The van der Waals surface area contributed by atoms with E-state index in [0.717, 1.165) is 38.8 Å². The van der Waals surface area contributed by atoms with Crippen LogP contribution in [0, 0.1) is 0 Å². The van der Waals surface area contributed by atoms with Crippen molar-refractivity contribution < 1.29 is 4.74 Å². The molecule has 0 unspecified atom stereocenters. The molecule has 1 fully saturated rings. The molecule has 0 aromatic heterocycles. The van der Waals surface area contributed by atoms with Gasteiger partial charge in [0.05, 0.1) is 19.8 Å². The van der Waals surface area contributed by atoms with Crippen molar-refractivity contribution in [1.29, 1.82) is 0 Å². The fraction of sp³-hybridized carbons (Fsp3) is 0.611. The number of nitrogens with zero attached hydrogens (tertiary/aromatic N) is 3. The molecule has 1 heterocycles. The summed E-state index contributed by atoms with van der Waals surface area (Å²) in [5.41, 5.74) is 1.30. The first kappa shape index (κ1) is 17.8. The first-order valence-electron chi connectivity index (χ1n) is 8.31. The predicted molar refractivity (Wildman–Crippen MR) is 95.7 cm³/mol. The zero-order valence-electron chi connectivity index (χ0n) is 14.9. The number of aliphatic imine (C=N–C) groups is 1. The minimum atomic E-state index is 0.0767. The minimum absolute atomic E-state index is 0.0767. The second-order valence-corrected chi connectivity index (χ2v) is 6.79. The summed E-state index contributed by atoms with van der Waals surface area (Å²) in [5.74, 6) is 0.926. The van der Waals surface area contributed by atoms with Gasteiger partial charge in [-0.2, -0.15) is 0 Å². The van der Waals surface area contributed by atoms with Gasteiger partial charge in [0.15, 0.2) is 5.96 Å². The molecule has 2 rings (SSSR count). The fourth-order valence-corrected chi connectivity index (χ4v) is 2.68. The molecule has 5 nitrogen and oxygen atoms in total. The van der Waals surface area contributed by atoms with Crippen molar-refractivity contribution in [2.75, 3.05) is 46.9 Å². The molecule has 0 amide bonds. The van der Waals surface area contributed by atoms with E-state index >= 15 is 0 Å². The normalized spacial score (nSPS) is 17.1. The smallest absolute Gasteiger partial charge is 0.193 e. The quantitative estimate of drug-likeness (QED) is 0.664. The molecule has 0 radical (unpaired) electrons. The van der Waals surface area contributed by atoms with Crippen LogP contribution >= 0.6 is 0 Å². The van der Waals surface area contributed by atoms with Crippen molar-refractivity contribution in [3.63, 3.8) is 0 Å². The van der Waals surface area contributed by atoms with Crippen molar-refractivity contribution in [2.24, 2.45) is 4.99 Å². The number of rotatable bonds is 5. The molecule has 0 spiro atoms. The number of hydrogen-bond donors (Lipinski definition) is 1. The van der Waals surface area contributed by atoms with Crippen LogP contribution in [-0.4, -0.2) is 68.2 Å². The number of ether oxygens (including phenoxy) is 1. The van der Waals surface area contributed by atoms with Crippen LogP contribution in [0.4, 0.5) is 0 Å². The Kier molecular flexibility index (Phi) is 6.42. The van der Waals surface area contributed by atoms with Crippen LogP contribution in [-0.2, 0) is 11.3 Å². The molecule has 1 aliphatic heterocycles. The van der Waals surface area contributed by atoms with Crippen LogP contribution in [0.25, 0.3) is 0 Å². The van der Waals surface area contributed by atoms with Gasteiger partial charge in [-0.15, -0.1) is 0 Å². The highest BCUT2D eigenvalue weighted by atomic mass is 16.5. The Morgan fingerprint density at radius 3 is 2.48 bits per heavy atom. The maximum absolute atomic E-state index is 5.45. The van der Waals surface area contributed by atoms with Crippen LogP contribution in [0.3, 0.4) is 0 Å². The second-order valence-electron chi connectivity index (χ2n) is 6.79. The zero-order valence-corrected chi connectivity index (χ0v) is 14.9. The Bertz CT molecular complexity index is 493. The molecule has 1 aromatic carbocycles. The van der Waals surface area contributed by atoms with Crippen molar-refractivity contribution in [2.45, 2.75) is 25.9 Å². The average molecular weight is 318 g/mol. The number of guanidine groups is 1. The number of nitrogens with one attached hydrogen (secondary N) is 1. The van der Waals surface area contributed by atoms with Gasteiger partial charge in [-0.05, 0) is 19.4 Å². The molecule has 1 aliphatic rings. The van der Waals surface area contributed by atoms with Gasteiger partial charge < -0.3 is 15.0 Å². The maximum atomic E-state index is 5.45. The SMILES string of the molecule is CN(C)C(=NCc1ccccc1)NCC(C)(C)N1CCOCC1. The lowest BCUT2D eigenvalue weighted by Gasteiger charge is -2.41. The molecule has 0 aliphatic carbocycles. The Balaban J connectivity index is 1.93. The van der Waals surface area contributed by atoms with Gasteiger partial charge in [-0.25, -0.2) is 4.99 Å². The Morgan fingerprint density at radius 1 is 1.22 bits per heavy atom. The molecule has 1 N–H and O–H groups in total. The van der Waals surface area contributed by atoms with E-state index in [-0.39, 0.29) is 5.54 Å². The third-order valence-electron chi connectivity index (χ3n) is 4.22. The van der Waals surface area contributed by atoms with E-state index in [2.05, 4.69) is 48.3 Å². The molecule has 23 heavy (non-hydrogen) atoms. The Hall–Kier alpha value is -1.59. The van der Waals surface area contributed by atoms with E-state index in [4.69, 9.17) is 9.73 Å². The topological polar surface area (TPSA) is 40.1 Å². The maximum Gasteiger partial charge on any atom is 0.193 e. The first-order valence-corrected chi connectivity index (χ1v) is 8.31. The van der Waals surface area contributed by atoms with Gasteiger partial charge in [-0.3, -0.25) is 4.90 Å². The van der Waals surface area contributed by atoms with Crippen LogP contribution < -0.4 is 5.32 Å². The highest BCUT2D eigenvalue weighted by molar-refractivity contribution is 5.79. The molecule has 1 aromatic rings. The second kappa shape index (κ2) is 8.31. The van der Waals surface area contributed by atoms with E-state index in [1.165, 1.54) is 5.56 Å². The van der Waals surface area contributed by atoms with Gasteiger partial charge in [-0.1, -0.05) is 30.3 Å². The summed E-state index contributed by atoms with van der Waals surface area (Å²) in [5, 5.41) is 3.52. The minimum Gasteiger partial charge on any atom is -0.379 e. The van der Waals surface area contributed by atoms with Gasteiger partial charge in [0, 0.05) is 39.3 Å². The molecular formula is C18H30N4O. The summed E-state index contributed by atoms with van der Waals surface area (Å²) < 4.78 is 5.45. The Labute approximate surface area is 140 Å². The molecule has 0 bridgehead atoms. The van der Waals surface area contributed by atoms with Crippen molar-refractivity contribution >= 4 is 5.96 Å². The first-order chi connectivity index (χ1) is 11.0. The fourth-order valence-electron chi connectivity index (χ4n) is 2.68. The van der Waals surface area contributed by atoms with Crippen LogP contribution in [0.15, 0.2) is 35.3 Å². The summed E-state index contributed by atoms with van der Waals surface area (Å²) in [6.07, 6.45) is 0. The van der Waals surface area contributed by atoms with Gasteiger partial charge >= 0.3 is 0 Å². The van der Waals surface area contributed by atoms with E-state index in [9.17, 15) is 0 Å². The largest absolute Gasteiger partial charge is 0.379 e. The lowest BCUT2D eigenvalue weighted by Crippen LogP contribution is -2.56. The zero-order chi connectivity index (χ0) is 16.7. The molecule has 0 atom stereocenters. The van der Waals surface area contributed by atoms with Crippen molar-refractivity contribution in [1.82, 2.24) is 15.1 Å². The van der Waals surface area contributed by atoms with E-state index in [1.54, 1.807) is 0 Å². The Morgan fingerprint density at radius 2 is 1.87 bits per heavy atom. The number of hydrogen-bond acceptors (Lipinski definition) is 3. The van der Waals surface area contributed by atoms with Crippen molar-refractivity contribution in [3.8, 4) is 0 Å². The highest BCUT2D eigenvalue weighted by Gasteiger charge is 2.28. The highest BCUT2D eigenvalue weighted by Crippen LogP contribution is 2.15. The van der Waals surface area contributed by atoms with Gasteiger partial charge in [0.2, 0.25) is 0 Å². The number of morpholine rings is 1. The van der Waals surface area contributed by atoms with Crippen LogP contribution in [0.2, 0.25) is 0 Å². The molecule has 0 saturated carbocycles. The van der Waals surface area contributed by atoms with Crippen LogP contribution in [0.1, 0.15) is 19.4 Å². The number of benzene rings is 1. The lowest BCUT2D eigenvalue weighted by atomic mass is 10.0. The molecule has 1 saturated heterocycles. The summed E-state index contributed by atoms with van der Waals surface area (Å²) in [6, 6.07) is 10.3. The molecule has 5 heteroatoms. The predicted octanol–water partition coefficient (Wildman–Crippen LogP) is 1.80. The van der Waals surface area contributed by atoms with Gasteiger partial charge in [0.25, 0.3) is 0 Å². The summed E-state index contributed by atoms with van der Waals surface area (Å²) in [6.45, 7) is 9.74. The van der Waals surface area contributed by atoms with Crippen LogP contribution in [0.5, 0.6) is 0 Å². The van der Waals surface area contributed by atoms with Crippen molar-refractivity contribution in [3.05, 3.63) is 35.9 Å². The third kappa shape index (κ3) is 5.52. The average Bonchev–Trinajstić information content (AvgIpc) is 2.56. The lowest BCUT2D eigenvalue weighted by molar-refractivity contribution is -0.00844. The molecular weight excluding hydrogens is 288 g/mol. The summed E-state index contributed by atoms with van der Waals surface area (Å²) in [4.78, 5) is 9.25. The molecule has 128 valence electrons. The summed E-state index contributed by atoms with van der Waals surface area (Å²) >= 11 is 0. The monoisotopic (exact) mass is 318 g/mol. The van der Waals surface area contributed by atoms with Gasteiger partial charge in [0.1, 0.15) is 0 Å². The van der Waals surface area contributed by atoms with E-state index in [1.807, 2.05) is 25.1 Å². The summed E-state index contributed by atoms with van der Waals surface area (Å²) in [7, 11) is 4.05. The third-order valence-corrected chi connectivity index (χ3v) is 4.22. The standard InChI is InChI=1S/C18H30N4O/c1-18(2,22-10-12-23-13-11-22)15-20-17(21(3)4)19-14-16-8-6-5-7-9-16/h5-9H,10-15H2,1-4H3,(H,19,20). The van der Waals surface area contributed by atoms with E-state index < -0.39 is 0 Å². The van der Waals surface area contributed by atoms with E-state index in [0.29, 0.717) is 6.54 Å².